The van der Waals surface area contributed by atoms with Crippen molar-refractivity contribution in [2.24, 2.45) is 0 Å². The van der Waals surface area contributed by atoms with Crippen molar-refractivity contribution in [3.63, 3.8) is 0 Å². The van der Waals surface area contributed by atoms with E-state index >= 15 is 0 Å². The number of benzene rings is 3. The van der Waals surface area contributed by atoms with Gasteiger partial charge in [0, 0.05) is 47.0 Å². The molecule has 0 spiro atoms. The monoisotopic (exact) mass is 743 g/mol. The number of hydrogen-bond acceptors (Lipinski definition) is 13. The topological polar surface area (TPSA) is 156 Å². The summed E-state index contributed by atoms with van der Waals surface area (Å²) >= 11 is 1.37. The molecule has 278 valence electrons. The lowest BCUT2D eigenvalue weighted by atomic mass is 9.73. The third-order valence-corrected chi connectivity index (χ3v) is 12.4. The van der Waals surface area contributed by atoms with Crippen LogP contribution in [0.2, 0.25) is 0 Å². The summed E-state index contributed by atoms with van der Waals surface area (Å²) in [5.74, 6) is -0.0115. The van der Waals surface area contributed by atoms with Crippen LogP contribution in [0.4, 0.5) is 0 Å². The van der Waals surface area contributed by atoms with Gasteiger partial charge in [0.15, 0.2) is 23.0 Å². The van der Waals surface area contributed by atoms with Gasteiger partial charge in [0.05, 0.1) is 30.5 Å². The summed E-state index contributed by atoms with van der Waals surface area (Å²) in [5.41, 5.74) is 5.00. The number of aliphatic hydroxyl groups excluding tert-OH is 1. The maximum atomic E-state index is 13.8. The molecule has 53 heavy (non-hydrogen) atoms. The first kappa shape index (κ1) is 35.3. The van der Waals surface area contributed by atoms with Crippen LogP contribution in [0.3, 0.4) is 0 Å². The Bertz CT molecular complexity index is 2040. The van der Waals surface area contributed by atoms with E-state index in [9.17, 15) is 24.6 Å². The van der Waals surface area contributed by atoms with Crippen molar-refractivity contribution in [2.75, 3.05) is 33.3 Å². The number of phenols is 1. The number of ether oxygens (including phenoxy) is 5. The van der Waals surface area contributed by atoms with E-state index in [1.54, 1.807) is 13.0 Å². The Kier molecular flexibility index (Phi) is 9.04. The van der Waals surface area contributed by atoms with Gasteiger partial charge in [-0.05, 0) is 50.1 Å². The lowest BCUT2D eigenvalue weighted by Gasteiger charge is -2.62. The minimum atomic E-state index is -1.05. The van der Waals surface area contributed by atoms with Crippen LogP contribution in [0, 0.1) is 13.8 Å². The number of methoxy groups -OCH3 is 1. The highest BCUT2D eigenvalue weighted by Gasteiger charge is 2.60. The van der Waals surface area contributed by atoms with E-state index in [1.807, 2.05) is 55.3 Å². The normalized spacial score (nSPS) is 27.4. The Hall–Kier alpha value is -4.76. The number of esters is 2. The molecule has 0 aliphatic carbocycles. The summed E-state index contributed by atoms with van der Waals surface area (Å²) in [5, 5.41) is 26.5. The van der Waals surface area contributed by atoms with Crippen LogP contribution in [0.5, 0.6) is 28.7 Å². The average molecular weight is 744 g/mol. The first-order chi connectivity index (χ1) is 25.5. The van der Waals surface area contributed by atoms with Crippen molar-refractivity contribution in [1.82, 2.24) is 15.1 Å². The second-order valence-corrected chi connectivity index (χ2v) is 15.2. The Morgan fingerprint density at radius 3 is 2.55 bits per heavy atom. The SMILES string of the molecule is COc1c(C)cc2c(c1O)[C@@H]1C3[C@@H]4SC[C@H](NC(=O)/C=C/c5ccccc5)C(=O)OC[C@H](c5c6c(c(C)c(OC(C)=O)c54)OCO6)N3[C@@H](O)[C@H](C2)N1C. The first-order valence-corrected chi connectivity index (χ1v) is 18.6. The van der Waals surface area contributed by atoms with Crippen molar-refractivity contribution in [2.45, 2.75) is 68.9 Å². The third kappa shape index (κ3) is 5.70. The number of carbonyl (C=O) groups excluding carboxylic acids is 3. The lowest BCUT2D eigenvalue weighted by molar-refractivity contribution is -0.184. The summed E-state index contributed by atoms with van der Waals surface area (Å²) in [4.78, 5) is 43.8. The molecule has 3 N–H and O–H groups in total. The Morgan fingerprint density at radius 2 is 1.81 bits per heavy atom. The first-order valence-electron chi connectivity index (χ1n) is 17.5. The number of amides is 1. The molecule has 0 aromatic heterocycles. The van der Waals surface area contributed by atoms with Gasteiger partial charge in [0.1, 0.15) is 24.6 Å². The zero-order valence-electron chi connectivity index (χ0n) is 30.0. The number of rotatable bonds is 5. The average Bonchev–Trinajstić information content (AvgIpc) is 3.63. The highest BCUT2D eigenvalue weighted by molar-refractivity contribution is 7.99. The minimum absolute atomic E-state index is 0.0242. The molecule has 2 fully saturated rings. The number of aryl methyl sites for hydroxylation is 1. The molecule has 6 heterocycles. The fourth-order valence-corrected chi connectivity index (χ4v) is 10.3. The zero-order valence-corrected chi connectivity index (χ0v) is 30.8. The zero-order chi connectivity index (χ0) is 37.3. The predicted molar refractivity (Wildman–Crippen MR) is 194 cm³/mol. The number of thioether (sulfide) groups is 1. The van der Waals surface area contributed by atoms with Crippen LogP contribution in [0.25, 0.3) is 6.08 Å². The fraction of sp³-hybridized carbons (Fsp3) is 0.410. The number of aliphatic hydroxyl groups is 1. The summed E-state index contributed by atoms with van der Waals surface area (Å²) in [6.45, 7) is 4.72. The number of nitrogens with one attached hydrogen (secondary N) is 1. The molecule has 4 bridgehead atoms. The van der Waals surface area contributed by atoms with Crippen LogP contribution in [-0.4, -0.2) is 95.5 Å². The Morgan fingerprint density at radius 1 is 1.06 bits per heavy atom. The molecule has 6 aliphatic heterocycles. The van der Waals surface area contributed by atoms with Gasteiger partial charge in [-0.2, -0.15) is 0 Å². The van der Waals surface area contributed by atoms with Gasteiger partial charge in [-0.25, -0.2) is 4.79 Å². The standard InChI is InChI=1S/C39H41N3O10S/c1-18-13-22-14-24-38(46)42-25-15-49-39(47)23(40-26(44)12-11-21-9-7-6-8-10-21)16-53-37(31(42)30(41(24)4)27(22)32(45)33(18)48-5)29-28(25)36-35(50-17-51-36)19(2)34(29)52-20(3)43/h6-13,23-25,30-31,37-38,45-46H,14-17H2,1-5H3,(H,40,44)/b12-11+/t23-,24-,25+,30+,31?,37+,38-/m0/s1. The number of hydrogen-bond donors (Lipinski definition) is 3. The van der Waals surface area contributed by atoms with E-state index in [4.69, 9.17) is 23.7 Å². The summed E-state index contributed by atoms with van der Waals surface area (Å²) in [6, 6.07) is 8.05. The number of nitrogens with zero attached hydrogens (tertiary/aromatic N) is 2. The van der Waals surface area contributed by atoms with Gasteiger partial charge in [0.2, 0.25) is 12.7 Å². The van der Waals surface area contributed by atoms with Gasteiger partial charge >= 0.3 is 11.9 Å². The maximum absolute atomic E-state index is 13.8. The lowest BCUT2D eigenvalue weighted by Crippen LogP contribution is -2.69. The number of likely N-dealkylation sites (N-methyl/N-ethyl adjacent to an activating group) is 1. The second-order valence-electron chi connectivity index (χ2n) is 14.0. The van der Waals surface area contributed by atoms with Crippen LogP contribution >= 0.6 is 11.8 Å². The molecule has 3 aromatic rings. The number of phenolic OH excluding ortho intramolecular Hbond substituents is 1. The highest BCUT2D eigenvalue weighted by atomic mass is 32.2. The molecule has 3 aromatic carbocycles. The largest absolute Gasteiger partial charge is 0.504 e. The molecular weight excluding hydrogens is 703 g/mol. The molecule has 0 radical (unpaired) electrons. The second kappa shape index (κ2) is 13.6. The smallest absolute Gasteiger partial charge is 0.329 e. The molecule has 9 rings (SSSR count). The van der Waals surface area contributed by atoms with E-state index < -0.39 is 59.5 Å². The van der Waals surface area contributed by atoms with Crippen molar-refractivity contribution in [1.29, 1.82) is 0 Å². The predicted octanol–water partition coefficient (Wildman–Crippen LogP) is 3.86. The van der Waals surface area contributed by atoms with Crippen LogP contribution in [0.15, 0.2) is 42.5 Å². The van der Waals surface area contributed by atoms with Gasteiger partial charge in [-0.3, -0.25) is 19.4 Å². The van der Waals surface area contributed by atoms with Gasteiger partial charge in [0.25, 0.3) is 0 Å². The van der Waals surface area contributed by atoms with Gasteiger partial charge < -0.3 is 39.2 Å². The van der Waals surface area contributed by atoms with Crippen molar-refractivity contribution < 1.29 is 48.3 Å². The summed E-state index contributed by atoms with van der Waals surface area (Å²) in [6.07, 6.45) is 2.44. The molecule has 1 amide bonds. The van der Waals surface area contributed by atoms with Crippen LogP contribution < -0.4 is 24.3 Å². The number of aromatic hydroxyl groups is 1. The number of fused-ring (bicyclic) bond motifs is 10. The number of carbonyl (C=O) groups is 3. The summed E-state index contributed by atoms with van der Waals surface area (Å²) < 4.78 is 29.8. The van der Waals surface area contributed by atoms with Crippen molar-refractivity contribution >= 4 is 35.7 Å². The van der Waals surface area contributed by atoms with E-state index in [1.165, 1.54) is 31.9 Å². The molecule has 14 heteroatoms. The van der Waals surface area contributed by atoms with Crippen LogP contribution in [-0.2, 0) is 25.5 Å². The van der Waals surface area contributed by atoms with Crippen molar-refractivity contribution in [3.05, 3.63) is 81.4 Å². The van der Waals surface area contributed by atoms with Crippen LogP contribution in [0.1, 0.15) is 63.2 Å². The minimum Gasteiger partial charge on any atom is -0.504 e. The van der Waals surface area contributed by atoms with E-state index in [0.717, 1.165) is 16.7 Å². The molecular formula is C39H41N3O10S. The highest BCUT2D eigenvalue weighted by Crippen LogP contribution is 2.63. The fourth-order valence-electron chi connectivity index (χ4n) is 8.83. The quantitative estimate of drug-likeness (QED) is 0.197. The molecule has 0 saturated carbocycles. The molecule has 2 saturated heterocycles. The Balaban J connectivity index is 1.30. The molecule has 13 nitrogen and oxygen atoms in total. The van der Waals surface area contributed by atoms with Crippen molar-refractivity contribution in [3.8, 4) is 28.7 Å². The summed E-state index contributed by atoms with van der Waals surface area (Å²) in [7, 11) is 3.45. The molecule has 6 aliphatic rings. The number of piperazine rings is 1. The van der Waals surface area contributed by atoms with E-state index in [2.05, 4.69) is 10.2 Å². The van der Waals surface area contributed by atoms with E-state index in [-0.39, 0.29) is 24.9 Å². The van der Waals surface area contributed by atoms with Gasteiger partial charge in [-0.15, -0.1) is 11.8 Å². The van der Waals surface area contributed by atoms with Gasteiger partial charge in [-0.1, -0.05) is 36.4 Å². The molecule has 1 unspecified atom stereocenters. The molecule has 7 atom stereocenters. The Labute approximate surface area is 310 Å². The van der Waals surface area contributed by atoms with E-state index in [0.29, 0.717) is 51.7 Å². The maximum Gasteiger partial charge on any atom is 0.329 e. The third-order valence-electron chi connectivity index (χ3n) is 11.0.